The fourth-order valence-electron chi connectivity index (χ4n) is 5.73. The molecule has 0 saturated carbocycles. The van der Waals surface area contributed by atoms with Crippen molar-refractivity contribution >= 4 is 11.9 Å². The molecule has 1 saturated heterocycles. The van der Waals surface area contributed by atoms with Crippen molar-refractivity contribution in [3.63, 3.8) is 0 Å². The van der Waals surface area contributed by atoms with Gasteiger partial charge in [-0.1, -0.05) is 38.8 Å². The molecule has 0 radical (unpaired) electrons. The predicted molar refractivity (Wildman–Crippen MR) is 148 cm³/mol. The molecule has 1 unspecified atom stereocenters. The topological polar surface area (TPSA) is 88.5 Å². The maximum atomic E-state index is 13.6. The van der Waals surface area contributed by atoms with Crippen molar-refractivity contribution in [1.29, 1.82) is 0 Å². The van der Waals surface area contributed by atoms with E-state index in [0.29, 0.717) is 24.5 Å². The van der Waals surface area contributed by atoms with Gasteiger partial charge in [0, 0.05) is 31.6 Å². The number of carbonyl (C=O) groups excluding carboxylic acids is 1. The number of amides is 1. The summed E-state index contributed by atoms with van der Waals surface area (Å²) in [6.07, 6.45) is 10.6. The lowest BCUT2D eigenvalue weighted by Gasteiger charge is -2.34. The van der Waals surface area contributed by atoms with Crippen LogP contribution in [0.3, 0.4) is 0 Å². The van der Waals surface area contributed by atoms with Gasteiger partial charge in [-0.3, -0.25) is 14.5 Å². The third kappa shape index (κ3) is 6.90. The van der Waals surface area contributed by atoms with Gasteiger partial charge in [0.1, 0.15) is 5.76 Å². The highest BCUT2D eigenvalue weighted by Gasteiger charge is 2.50. The molecule has 1 aliphatic heterocycles. The van der Waals surface area contributed by atoms with Gasteiger partial charge in [0.2, 0.25) is 5.91 Å². The number of ether oxygens (including phenoxy) is 3. The van der Waals surface area contributed by atoms with Crippen molar-refractivity contribution in [2.75, 3.05) is 47.5 Å². The van der Waals surface area contributed by atoms with Crippen LogP contribution in [-0.2, 0) is 14.3 Å². The average molecular weight is 529 g/mol. The van der Waals surface area contributed by atoms with Crippen LogP contribution in [0.15, 0.2) is 42.2 Å². The van der Waals surface area contributed by atoms with Crippen LogP contribution in [0.5, 0.6) is 11.5 Å². The molecule has 1 aromatic rings. The Balaban J connectivity index is 1.96. The number of carboxylic acid groups (broad SMARTS) is 1. The Hall–Kier alpha value is -3.00. The summed E-state index contributed by atoms with van der Waals surface area (Å²) in [5, 5.41) is 10.5. The molecule has 1 heterocycles. The number of benzene rings is 1. The van der Waals surface area contributed by atoms with Gasteiger partial charge in [-0.05, 0) is 55.0 Å². The number of unbranched alkanes of at least 4 members (excludes halogenated alkanes) is 2. The Labute approximate surface area is 227 Å². The quantitative estimate of drug-likeness (QED) is 0.374. The molecule has 3 rings (SSSR count). The normalized spacial score (nSPS) is 23.1. The first-order chi connectivity index (χ1) is 18.4. The molecule has 1 amide bonds. The third-order valence-corrected chi connectivity index (χ3v) is 7.80. The van der Waals surface area contributed by atoms with Crippen LogP contribution in [0.1, 0.15) is 57.4 Å². The van der Waals surface area contributed by atoms with Crippen LogP contribution >= 0.6 is 0 Å². The Morgan fingerprint density at radius 2 is 1.71 bits per heavy atom. The van der Waals surface area contributed by atoms with Crippen LogP contribution in [0.2, 0.25) is 0 Å². The molecule has 1 aliphatic carbocycles. The molecule has 210 valence electrons. The van der Waals surface area contributed by atoms with Gasteiger partial charge in [0.25, 0.3) is 0 Å². The van der Waals surface area contributed by atoms with E-state index in [2.05, 4.69) is 18.7 Å². The molecule has 4 atom stereocenters. The second-order valence-corrected chi connectivity index (χ2v) is 10.2. The number of nitrogens with zero attached hydrogens (tertiary/aromatic N) is 2. The lowest BCUT2D eigenvalue weighted by atomic mass is 9.78. The number of hydrogen-bond donors (Lipinski definition) is 1. The number of allylic oxidation sites excluding steroid dienone is 2. The van der Waals surface area contributed by atoms with E-state index in [1.165, 1.54) is 0 Å². The summed E-state index contributed by atoms with van der Waals surface area (Å²) in [6, 6.07) is 5.27. The summed E-state index contributed by atoms with van der Waals surface area (Å²) < 4.78 is 16.3. The van der Waals surface area contributed by atoms with Crippen molar-refractivity contribution in [2.24, 2.45) is 11.8 Å². The van der Waals surface area contributed by atoms with E-state index in [1.807, 2.05) is 41.3 Å². The molecule has 1 N–H and O–H groups in total. The minimum absolute atomic E-state index is 0.0484. The van der Waals surface area contributed by atoms with Crippen molar-refractivity contribution < 1.29 is 28.9 Å². The highest BCUT2D eigenvalue weighted by atomic mass is 16.5. The van der Waals surface area contributed by atoms with Gasteiger partial charge in [-0.25, -0.2) is 0 Å². The number of carboxylic acids is 1. The summed E-state index contributed by atoms with van der Waals surface area (Å²) in [5.74, 6) is 0.118. The van der Waals surface area contributed by atoms with E-state index in [0.717, 1.165) is 50.1 Å². The van der Waals surface area contributed by atoms with E-state index in [4.69, 9.17) is 14.2 Å². The molecule has 8 heteroatoms. The standard InChI is InChI=1S/C30H44N2O6/c1-6-8-16-31(17-9-7-2)27(33)20-32-19-24(22-12-15-25(37-4)26(18-22)38-5)28(30(34)35)29(32)21-10-13-23(36-3)14-11-21/h10,12-15,18,21,24,28-29H,6-9,11,16-17,19-20H2,1-5H3,(H,34,35)/t21?,24-,28-,29+/m1/s1. The van der Waals surface area contributed by atoms with Crippen LogP contribution in [0, 0.1) is 11.8 Å². The van der Waals surface area contributed by atoms with Crippen molar-refractivity contribution in [1.82, 2.24) is 9.80 Å². The third-order valence-electron chi connectivity index (χ3n) is 7.80. The van der Waals surface area contributed by atoms with Crippen LogP contribution in [0.25, 0.3) is 0 Å². The van der Waals surface area contributed by atoms with Gasteiger partial charge >= 0.3 is 5.97 Å². The zero-order chi connectivity index (χ0) is 27.7. The van der Waals surface area contributed by atoms with E-state index in [1.54, 1.807) is 21.3 Å². The Morgan fingerprint density at radius 3 is 2.24 bits per heavy atom. The molecule has 1 aromatic carbocycles. The van der Waals surface area contributed by atoms with E-state index >= 15 is 0 Å². The van der Waals surface area contributed by atoms with Gasteiger partial charge in [0.15, 0.2) is 11.5 Å². The van der Waals surface area contributed by atoms with Crippen LogP contribution < -0.4 is 9.47 Å². The number of likely N-dealkylation sites (tertiary alicyclic amines) is 1. The first-order valence-electron chi connectivity index (χ1n) is 13.8. The summed E-state index contributed by atoms with van der Waals surface area (Å²) in [7, 11) is 4.79. The average Bonchev–Trinajstić information content (AvgIpc) is 3.31. The maximum absolute atomic E-state index is 13.6. The summed E-state index contributed by atoms with van der Waals surface area (Å²) in [5.41, 5.74) is 0.872. The highest BCUT2D eigenvalue weighted by molar-refractivity contribution is 5.79. The number of aliphatic carboxylic acids is 1. The molecular weight excluding hydrogens is 484 g/mol. The second kappa shape index (κ2) is 14.2. The molecule has 38 heavy (non-hydrogen) atoms. The fraction of sp³-hybridized carbons (Fsp3) is 0.600. The van der Waals surface area contributed by atoms with Gasteiger partial charge in [-0.2, -0.15) is 0 Å². The molecule has 0 bridgehead atoms. The summed E-state index contributed by atoms with van der Waals surface area (Å²) in [4.78, 5) is 30.5. The van der Waals surface area contributed by atoms with Crippen molar-refractivity contribution in [3.8, 4) is 11.5 Å². The zero-order valence-electron chi connectivity index (χ0n) is 23.5. The number of hydrogen-bond acceptors (Lipinski definition) is 6. The monoisotopic (exact) mass is 528 g/mol. The minimum atomic E-state index is -0.853. The number of carbonyl (C=O) groups is 2. The van der Waals surface area contributed by atoms with Gasteiger partial charge < -0.3 is 24.2 Å². The van der Waals surface area contributed by atoms with Gasteiger partial charge in [-0.15, -0.1) is 0 Å². The minimum Gasteiger partial charge on any atom is -0.497 e. The second-order valence-electron chi connectivity index (χ2n) is 10.2. The molecule has 0 aromatic heterocycles. The molecular formula is C30H44N2O6. The van der Waals surface area contributed by atoms with Gasteiger partial charge in [0.05, 0.1) is 33.8 Å². The van der Waals surface area contributed by atoms with Crippen LogP contribution in [0.4, 0.5) is 0 Å². The largest absolute Gasteiger partial charge is 0.497 e. The molecule has 0 spiro atoms. The lowest BCUT2D eigenvalue weighted by Crippen LogP contribution is -2.47. The highest BCUT2D eigenvalue weighted by Crippen LogP contribution is 2.44. The number of rotatable bonds is 14. The number of methoxy groups -OCH3 is 3. The fourth-order valence-corrected chi connectivity index (χ4v) is 5.73. The van der Waals surface area contributed by atoms with E-state index < -0.39 is 11.9 Å². The smallest absolute Gasteiger partial charge is 0.308 e. The Morgan fingerprint density at radius 1 is 1.03 bits per heavy atom. The lowest BCUT2D eigenvalue weighted by molar-refractivity contribution is -0.144. The summed E-state index contributed by atoms with van der Waals surface area (Å²) >= 11 is 0. The SMILES string of the molecule is CCCCN(CCCC)C(=O)CN1C[C@H](c2ccc(OC)c(OC)c2)[C@@H](C(=O)O)[C@@H]1C1C=CC(OC)=CC1. The molecule has 2 aliphatic rings. The molecule has 1 fully saturated rings. The first-order valence-corrected chi connectivity index (χ1v) is 13.8. The zero-order valence-corrected chi connectivity index (χ0v) is 23.5. The maximum Gasteiger partial charge on any atom is 0.308 e. The van der Waals surface area contributed by atoms with Crippen molar-refractivity contribution in [3.05, 3.63) is 47.7 Å². The predicted octanol–water partition coefficient (Wildman–Crippen LogP) is 4.71. The van der Waals surface area contributed by atoms with E-state index in [-0.39, 0.29) is 30.3 Å². The Kier molecular flexibility index (Phi) is 11.1. The van der Waals surface area contributed by atoms with Crippen molar-refractivity contribution in [2.45, 2.75) is 57.9 Å². The van der Waals surface area contributed by atoms with Crippen LogP contribution in [-0.4, -0.2) is 80.3 Å². The molecule has 8 nitrogen and oxygen atoms in total. The Bertz CT molecular complexity index is 998. The van der Waals surface area contributed by atoms with E-state index in [9.17, 15) is 14.7 Å². The first kappa shape index (κ1) is 29.6. The summed E-state index contributed by atoms with van der Waals surface area (Å²) in [6.45, 7) is 6.40.